The molecule has 0 bridgehead atoms. The Balaban J connectivity index is 2.70. The predicted molar refractivity (Wildman–Crippen MR) is 53.1 cm³/mol. The van der Waals surface area contributed by atoms with E-state index in [4.69, 9.17) is 0 Å². The van der Waals surface area contributed by atoms with Crippen LogP contribution in [0.2, 0.25) is 0 Å². The molecule has 0 aliphatic rings. The molecular formula is C7H4BrF3S2. The molecule has 0 atom stereocenters. The van der Waals surface area contributed by atoms with Crippen LogP contribution in [0.1, 0.15) is 0 Å². The van der Waals surface area contributed by atoms with Crippen molar-refractivity contribution in [1.82, 2.24) is 0 Å². The molecular weight excluding hydrogens is 285 g/mol. The van der Waals surface area contributed by atoms with Gasteiger partial charge < -0.3 is 0 Å². The monoisotopic (exact) mass is 288 g/mol. The quantitative estimate of drug-likeness (QED) is 0.724. The third-order valence-electron chi connectivity index (χ3n) is 1.15. The number of thioether (sulfide) groups is 1. The first-order valence-corrected chi connectivity index (χ1v) is 6.63. The molecule has 0 radical (unpaired) electrons. The van der Waals surface area contributed by atoms with Gasteiger partial charge in [0.15, 0.2) is 0 Å². The summed E-state index contributed by atoms with van der Waals surface area (Å²) in [5.74, 6) is 0. The lowest BCUT2D eigenvalue weighted by Crippen LogP contribution is -1.98. The zero-order valence-electron chi connectivity index (χ0n) is 6.14. The van der Waals surface area contributed by atoms with Gasteiger partial charge in [-0.1, -0.05) is 0 Å². The first-order valence-electron chi connectivity index (χ1n) is 3.15. The van der Waals surface area contributed by atoms with Crippen LogP contribution < -0.4 is 0 Å². The van der Waals surface area contributed by atoms with Crippen LogP contribution in [0.25, 0.3) is 0 Å². The standard InChI is InChI=1S/C7H4BrF3S2/c8-13-6-3-1-5(2-4-6)12-7(9,10)11/h1-4H. The lowest BCUT2D eigenvalue weighted by molar-refractivity contribution is -0.0328. The van der Waals surface area contributed by atoms with Gasteiger partial charge in [-0.15, -0.1) is 0 Å². The van der Waals surface area contributed by atoms with E-state index in [9.17, 15) is 13.2 Å². The number of hydrogen-bond donors (Lipinski definition) is 0. The third kappa shape index (κ3) is 4.28. The fourth-order valence-electron chi connectivity index (χ4n) is 0.693. The average molecular weight is 289 g/mol. The van der Waals surface area contributed by atoms with Crippen molar-refractivity contribution in [2.24, 2.45) is 0 Å². The van der Waals surface area contributed by atoms with E-state index >= 15 is 0 Å². The van der Waals surface area contributed by atoms with Gasteiger partial charge in [0.2, 0.25) is 0 Å². The van der Waals surface area contributed by atoms with Gasteiger partial charge in [-0.25, -0.2) is 0 Å². The minimum absolute atomic E-state index is 0.105. The second kappa shape index (κ2) is 4.61. The van der Waals surface area contributed by atoms with Crippen LogP contribution in [-0.2, 0) is 0 Å². The van der Waals surface area contributed by atoms with E-state index in [1.165, 1.54) is 22.3 Å². The second-order valence-corrected chi connectivity index (χ2v) is 4.83. The lowest BCUT2D eigenvalue weighted by atomic mass is 10.4. The van der Waals surface area contributed by atoms with Crippen molar-refractivity contribution < 1.29 is 13.2 Å². The Morgan fingerprint density at radius 2 is 1.46 bits per heavy atom. The topological polar surface area (TPSA) is 0 Å². The molecule has 0 aliphatic heterocycles. The first kappa shape index (κ1) is 11.3. The summed E-state index contributed by atoms with van der Waals surface area (Å²) >= 11 is 3.03. The molecule has 0 N–H and O–H groups in total. The molecule has 0 aromatic heterocycles. The van der Waals surface area contributed by atoms with E-state index in [-0.39, 0.29) is 16.7 Å². The highest BCUT2D eigenvalue weighted by Gasteiger charge is 2.28. The van der Waals surface area contributed by atoms with Gasteiger partial charge in [-0.2, -0.15) is 13.2 Å². The molecule has 0 heterocycles. The molecule has 0 aliphatic carbocycles. The van der Waals surface area contributed by atoms with Crippen LogP contribution in [-0.4, -0.2) is 5.51 Å². The van der Waals surface area contributed by atoms with E-state index in [2.05, 4.69) is 14.8 Å². The van der Waals surface area contributed by atoms with Gasteiger partial charge in [-0.3, -0.25) is 0 Å². The Morgan fingerprint density at radius 1 is 1.00 bits per heavy atom. The van der Waals surface area contributed by atoms with Crippen LogP contribution >= 0.6 is 36.8 Å². The van der Waals surface area contributed by atoms with Crippen molar-refractivity contribution in [3.63, 3.8) is 0 Å². The van der Waals surface area contributed by atoms with Gasteiger partial charge in [0, 0.05) is 9.79 Å². The van der Waals surface area contributed by atoms with Crippen LogP contribution in [0, 0.1) is 0 Å². The molecule has 13 heavy (non-hydrogen) atoms. The summed E-state index contributed by atoms with van der Waals surface area (Å²) in [4.78, 5) is 1.09. The number of halogens is 4. The normalized spacial score (nSPS) is 11.7. The Morgan fingerprint density at radius 3 is 1.85 bits per heavy atom. The van der Waals surface area contributed by atoms with Gasteiger partial charge in [0.25, 0.3) is 0 Å². The second-order valence-electron chi connectivity index (χ2n) is 2.10. The molecule has 0 nitrogen and oxygen atoms in total. The van der Waals surface area contributed by atoms with E-state index in [0.717, 1.165) is 4.90 Å². The van der Waals surface area contributed by atoms with Crippen molar-refractivity contribution in [2.45, 2.75) is 15.3 Å². The van der Waals surface area contributed by atoms with Crippen molar-refractivity contribution in [3.8, 4) is 0 Å². The maximum atomic E-state index is 11.9. The fraction of sp³-hybridized carbons (Fsp3) is 0.143. The Kier molecular flexibility index (Phi) is 4.00. The zero-order valence-corrected chi connectivity index (χ0v) is 9.36. The van der Waals surface area contributed by atoms with Crippen LogP contribution in [0.15, 0.2) is 34.1 Å². The smallest absolute Gasteiger partial charge is 0.160 e. The number of rotatable bonds is 2. The highest BCUT2D eigenvalue weighted by molar-refractivity contribution is 9.50. The Bertz CT molecular complexity index is 270. The van der Waals surface area contributed by atoms with Crippen molar-refractivity contribution in [1.29, 1.82) is 0 Å². The summed E-state index contributed by atoms with van der Waals surface area (Å²) in [6.45, 7) is 0. The van der Waals surface area contributed by atoms with E-state index < -0.39 is 5.51 Å². The maximum absolute atomic E-state index is 11.9. The minimum Gasteiger partial charge on any atom is -0.160 e. The minimum atomic E-state index is -4.21. The summed E-state index contributed by atoms with van der Waals surface area (Å²) < 4.78 is 35.6. The summed E-state index contributed by atoms with van der Waals surface area (Å²) in [6.07, 6.45) is 0. The van der Waals surface area contributed by atoms with Crippen LogP contribution in [0.5, 0.6) is 0 Å². The van der Waals surface area contributed by atoms with Gasteiger partial charge >= 0.3 is 5.51 Å². The number of hydrogen-bond acceptors (Lipinski definition) is 2. The highest BCUT2D eigenvalue weighted by atomic mass is 79.9. The van der Waals surface area contributed by atoms with E-state index in [0.29, 0.717) is 0 Å². The zero-order chi connectivity index (χ0) is 9.90. The highest BCUT2D eigenvalue weighted by Crippen LogP contribution is 2.37. The molecule has 0 saturated carbocycles. The summed E-state index contributed by atoms with van der Waals surface area (Å²) in [6, 6.07) is 6.16. The van der Waals surface area contributed by atoms with Crippen molar-refractivity contribution >= 4 is 36.8 Å². The van der Waals surface area contributed by atoms with Gasteiger partial charge in [-0.05, 0) is 61.0 Å². The molecule has 0 spiro atoms. The van der Waals surface area contributed by atoms with E-state index in [1.54, 1.807) is 12.1 Å². The summed E-state index contributed by atoms with van der Waals surface area (Å²) in [5.41, 5.74) is -4.21. The molecule has 0 saturated heterocycles. The SMILES string of the molecule is FC(F)(F)Sc1ccc(SBr)cc1. The fourth-order valence-corrected chi connectivity index (χ4v) is 2.12. The molecule has 1 aromatic rings. The molecule has 0 amide bonds. The third-order valence-corrected chi connectivity index (χ3v) is 3.46. The lowest BCUT2D eigenvalue weighted by Gasteiger charge is -2.04. The average Bonchev–Trinajstić information content (AvgIpc) is 2.03. The largest absolute Gasteiger partial charge is 0.446 e. The molecule has 1 rings (SSSR count). The van der Waals surface area contributed by atoms with E-state index in [1.807, 2.05) is 0 Å². The molecule has 0 unspecified atom stereocenters. The Hall–Kier alpha value is 0.190. The number of alkyl halides is 3. The van der Waals surface area contributed by atoms with Crippen LogP contribution in [0.3, 0.4) is 0 Å². The summed E-state index contributed by atoms with van der Waals surface area (Å²) in [7, 11) is 1.32. The molecule has 72 valence electrons. The van der Waals surface area contributed by atoms with Crippen LogP contribution in [0.4, 0.5) is 13.2 Å². The van der Waals surface area contributed by atoms with Gasteiger partial charge in [0.1, 0.15) is 0 Å². The molecule has 6 heteroatoms. The Labute approximate surface area is 89.5 Å². The maximum Gasteiger partial charge on any atom is 0.446 e. The number of benzene rings is 1. The van der Waals surface area contributed by atoms with Gasteiger partial charge in [0.05, 0.1) is 0 Å². The van der Waals surface area contributed by atoms with Crippen molar-refractivity contribution in [2.75, 3.05) is 0 Å². The van der Waals surface area contributed by atoms with Crippen molar-refractivity contribution in [3.05, 3.63) is 24.3 Å². The first-order chi connectivity index (χ1) is 6.01. The predicted octanol–water partition coefficient (Wildman–Crippen LogP) is 4.70. The molecule has 1 aromatic carbocycles. The summed E-state index contributed by atoms with van der Waals surface area (Å²) in [5, 5.41) is 0. The molecule has 0 fully saturated rings.